The highest BCUT2D eigenvalue weighted by atomic mass is 16.5. The van der Waals surface area contributed by atoms with Gasteiger partial charge in [-0.15, -0.1) is 0 Å². The van der Waals surface area contributed by atoms with Crippen LogP contribution in [-0.2, 0) is 4.79 Å². The zero-order valence-corrected chi connectivity index (χ0v) is 18.9. The summed E-state index contributed by atoms with van der Waals surface area (Å²) in [6, 6.07) is 20.4. The van der Waals surface area contributed by atoms with E-state index in [1.54, 1.807) is 66.7 Å². The van der Waals surface area contributed by atoms with Gasteiger partial charge in [0.05, 0.1) is 24.9 Å². The van der Waals surface area contributed by atoms with E-state index in [4.69, 9.17) is 9.47 Å². The molecular weight excluding hydrogens is 434 g/mol. The van der Waals surface area contributed by atoms with Crippen molar-refractivity contribution in [3.63, 3.8) is 0 Å². The molecule has 2 N–H and O–H groups in total. The number of ether oxygens (including phenoxy) is 2. The highest BCUT2D eigenvalue weighted by Gasteiger charge is 2.09. The maximum atomic E-state index is 12.2. The van der Waals surface area contributed by atoms with Crippen LogP contribution >= 0.6 is 0 Å². The van der Waals surface area contributed by atoms with E-state index >= 15 is 0 Å². The van der Waals surface area contributed by atoms with Gasteiger partial charge in [-0.1, -0.05) is 17.7 Å². The standard InChI is InChI=1S/C26H25N3O5/c1-3-33-22-13-9-20(10-14-22)25(31)27-17-24(30)29-28-16-19-7-11-23(12-8-19)34-26(32)21-6-4-5-18(2)15-21/h4-16H,3,17H2,1-2H3,(H,27,31)(H,29,30)/b28-16+. The number of nitrogens with zero attached hydrogens (tertiary/aromatic N) is 1. The fourth-order valence-electron chi connectivity index (χ4n) is 2.91. The minimum absolute atomic E-state index is 0.225. The zero-order valence-electron chi connectivity index (χ0n) is 18.9. The summed E-state index contributed by atoms with van der Waals surface area (Å²) in [5.41, 5.74) is 4.90. The molecule has 0 saturated heterocycles. The Kier molecular flexibility index (Phi) is 8.51. The summed E-state index contributed by atoms with van der Waals surface area (Å²) in [5.74, 6) is -0.227. The lowest BCUT2D eigenvalue weighted by Crippen LogP contribution is -2.34. The molecule has 0 spiro atoms. The molecule has 174 valence electrons. The molecule has 0 bridgehead atoms. The summed E-state index contributed by atoms with van der Waals surface area (Å²) in [7, 11) is 0. The van der Waals surface area contributed by atoms with Crippen LogP contribution in [-0.4, -0.2) is 37.1 Å². The Labute approximate surface area is 197 Å². The molecule has 0 unspecified atom stereocenters. The Morgan fingerprint density at radius 3 is 2.29 bits per heavy atom. The number of hydrogen-bond acceptors (Lipinski definition) is 6. The van der Waals surface area contributed by atoms with Gasteiger partial charge in [-0.2, -0.15) is 5.10 Å². The zero-order chi connectivity index (χ0) is 24.3. The summed E-state index contributed by atoms with van der Waals surface area (Å²) in [4.78, 5) is 36.3. The van der Waals surface area contributed by atoms with Crippen molar-refractivity contribution >= 4 is 24.0 Å². The average Bonchev–Trinajstić information content (AvgIpc) is 2.84. The van der Waals surface area contributed by atoms with Gasteiger partial charge in [0, 0.05) is 5.56 Å². The van der Waals surface area contributed by atoms with Gasteiger partial charge in [0.2, 0.25) is 0 Å². The maximum absolute atomic E-state index is 12.2. The Morgan fingerprint density at radius 1 is 0.912 bits per heavy atom. The number of esters is 1. The molecule has 0 saturated carbocycles. The third kappa shape index (κ3) is 7.30. The first kappa shape index (κ1) is 24.2. The van der Waals surface area contributed by atoms with Crippen molar-refractivity contribution in [1.29, 1.82) is 0 Å². The molecule has 3 aromatic rings. The molecule has 2 amide bonds. The van der Waals surface area contributed by atoms with Crippen LogP contribution in [0.25, 0.3) is 0 Å². The van der Waals surface area contributed by atoms with Gasteiger partial charge in [0.15, 0.2) is 0 Å². The van der Waals surface area contributed by atoms with Crippen molar-refractivity contribution in [1.82, 2.24) is 10.7 Å². The van der Waals surface area contributed by atoms with Crippen LogP contribution in [0.3, 0.4) is 0 Å². The lowest BCUT2D eigenvalue weighted by atomic mass is 10.1. The first-order chi connectivity index (χ1) is 16.4. The molecule has 8 heteroatoms. The van der Waals surface area contributed by atoms with Crippen LogP contribution < -0.4 is 20.2 Å². The second-order valence-electron chi connectivity index (χ2n) is 7.26. The number of amides is 2. The first-order valence-electron chi connectivity index (χ1n) is 10.7. The van der Waals surface area contributed by atoms with Crippen molar-refractivity contribution in [2.24, 2.45) is 5.10 Å². The number of rotatable bonds is 9. The van der Waals surface area contributed by atoms with Gasteiger partial charge in [-0.3, -0.25) is 9.59 Å². The average molecular weight is 460 g/mol. The van der Waals surface area contributed by atoms with Crippen molar-refractivity contribution in [3.05, 3.63) is 95.1 Å². The van der Waals surface area contributed by atoms with Crippen molar-refractivity contribution in [2.75, 3.05) is 13.2 Å². The molecule has 3 rings (SSSR count). The Bertz CT molecular complexity index is 1170. The molecule has 0 fully saturated rings. The van der Waals surface area contributed by atoms with E-state index in [0.29, 0.717) is 34.8 Å². The molecule has 0 aliphatic carbocycles. The first-order valence-corrected chi connectivity index (χ1v) is 10.7. The largest absolute Gasteiger partial charge is 0.494 e. The van der Waals surface area contributed by atoms with Gasteiger partial charge in [-0.25, -0.2) is 10.2 Å². The van der Waals surface area contributed by atoms with E-state index in [2.05, 4.69) is 15.8 Å². The van der Waals surface area contributed by atoms with E-state index < -0.39 is 11.9 Å². The van der Waals surface area contributed by atoms with Gasteiger partial charge in [-0.05, 0) is 80.1 Å². The van der Waals surface area contributed by atoms with E-state index in [9.17, 15) is 14.4 Å². The summed E-state index contributed by atoms with van der Waals surface area (Å²) in [6.45, 7) is 4.09. The van der Waals surface area contributed by atoms with Crippen molar-refractivity contribution < 1.29 is 23.9 Å². The number of carbonyl (C=O) groups is 3. The van der Waals surface area contributed by atoms with Gasteiger partial charge in [0.1, 0.15) is 11.5 Å². The number of carbonyl (C=O) groups excluding carboxylic acids is 3. The summed E-state index contributed by atoms with van der Waals surface area (Å²) in [6.07, 6.45) is 1.44. The molecule has 0 aliphatic rings. The fraction of sp³-hybridized carbons (Fsp3) is 0.154. The predicted octanol–water partition coefficient (Wildman–Crippen LogP) is 3.49. The van der Waals surface area contributed by atoms with Gasteiger partial charge < -0.3 is 14.8 Å². The Balaban J connectivity index is 1.43. The minimum atomic E-state index is -0.473. The van der Waals surface area contributed by atoms with E-state index in [1.807, 2.05) is 19.9 Å². The monoisotopic (exact) mass is 459 g/mol. The molecule has 8 nitrogen and oxygen atoms in total. The number of hydrazone groups is 1. The predicted molar refractivity (Wildman–Crippen MR) is 128 cm³/mol. The number of nitrogens with one attached hydrogen (secondary N) is 2. The Hall–Kier alpha value is -4.46. The fourth-order valence-corrected chi connectivity index (χ4v) is 2.91. The van der Waals surface area contributed by atoms with Crippen LogP contribution in [0, 0.1) is 6.92 Å². The molecule has 0 aliphatic heterocycles. The lowest BCUT2D eigenvalue weighted by Gasteiger charge is -2.06. The normalized spacial score (nSPS) is 10.5. The molecule has 0 heterocycles. The molecule has 3 aromatic carbocycles. The number of aryl methyl sites for hydroxylation is 1. The van der Waals surface area contributed by atoms with Crippen LogP contribution in [0.5, 0.6) is 11.5 Å². The van der Waals surface area contributed by atoms with Crippen LogP contribution in [0.2, 0.25) is 0 Å². The summed E-state index contributed by atoms with van der Waals surface area (Å²) >= 11 is 0. The third-order valence-electron chi connectivity index (χ3n) is 4.58. The molecular formula is C26H25N3O5. The smallest absolute Gasteiger partial charge is 0.343 e. The summed E-state index contributed by atoms with van der Waals surface area (Å²) < 4.78 is 10.7. The summed E-state index contributed by atoms with van der Waals surface area (Å²) in [5, 5.41) is 6.40. The highest BCUT2D eigenvalue weighted by molar-refractivity contribution is 5.96. The quantitative estimate of drug-likeness (QED) is 0.221. The van der Waals surface area contributed by atoms with E-state index in [0.717, 1.165) is 5.56 Å². The second-order valence-corrected chi connectivity index (χ2v) is 7.26. The van der Waals surface area contributed by atoms with Crippen molar-refractivity contribution in [3.8, 4) is 11.5 Å². The van der Waals surface area contributed by atoms with Crippen LogP contribution in [0.1, 0.15) is 38.8 Å². The molecule has 34 heavy (non-hydrogen) atoms. The SMILES string of the molecule is CCOc1ccc(C(=O)NCC(=O)N/N=C/c2ccc(OC(=O)c3cccc(C)c3)cc2)cc1. The second kappa shape index (κ2) is 12.0. The number of benzene rings is 3. The molecule has 0 aromatic heterocycles. The van der Waals surface area contributed by atoms with E-state index in [1.165, 1.54) is 6.21 Å². The van der Waals surface area contributed by atoms with Gasteiger partial charge >= 0.3 is 5.97 Å². The van der Waals surface area contributed by atoms with Crippen LogP contribution in [0.15, 0.2) is 77.9 Å². The van der Waals surface area contributed by atoms with Crippen molar-refractivity contribution in [2.45, 2.75) is 13.8 Å². The molecule has 0 atom stereocenters. The maximum Gasteiger partial charge on any atom is 0.343 e. The lowest BCUT2D eigenvalue weighted by molar-refractivity contribution is -0.120. The third-order valence-corrected chi connectivity index (χ3v) is 4.58. The topological polar surface area (TPSA) is 106 Å². The number of hydrogen-bond donors (Lipinski definition) is 2. The Morgan fingerprint density at radius 2 is 1.62 bits per heavy atom. The highest BCUT2D eigenvalue weighted by Crippen LogP contribution is 2.14. The van der Waals surface area contributed by atoms with Crippen LogP contribution in [0.4, 0.5) is 0 Å². The minimum Gasteiger partial charge on any atom is -0.494 e. The van der Waals surface area contributed by atoms with E-state index in [-0.39, 0.29) is 12.5 Å². The van der Waals surface area contributed by atoms with Gasteiger partial charge in [0.25, 0.3) is 11.8 Å². The molecule has 0 radical (unpaired) electrons.